The first-order chi connectivity index (χ1) is 9.88. The number of carboxylic acids is 1. The fourth-order valence-corrected chi connectivity index (χ4v) is 3.65. The van der Waals surface area contributed by atoms with Gasteiger partial charge in [0.2, 0.25) is 10.0 Å². The van der Waals surface area contributed by atoms with Gasteiger partial charge in [0.25, 0.3) is 0 Å². The minimum Gasteiger partial charge on any atom is -0.496 e. The number of hydrogen-bond donors (Lipinski definition) is 1. The van der Waals surface area contributed by atoms with E-state index in [-0.39, 0.29) is 16.2 Å². The predicted molar refractivity (Wildman–Crippen MR) is 79.3 cm³/mol. The first-order valence-corrected chi connectivity index (χ1v) is 8.23. The van der Waals surface area contributed by atoms with Crippen LogP contribution in [0, 0.1) is 0 Å². The van der Waals surface area contributed by atoms with Gasteiger partial charge in [-0.05, 0) is 25.0 Å². The van der Waals surface area contributed by atoms with Crippen LogP contribution in [0.1, 0.15) is 37.0 Å². The second kappa shape index (κ2) is 7.42. The molecule has 0 saturated carbocycles. The maximum absolute atomic E-state index is 12.6. The van der Waals surface area contributed by atoms with Gasteiger partial charge in [-0.2, -0.15) is 4.31 Å². The predicted octanol–water partition coefficient (Wildman–Crippen LogP) is 2.20. The molecule has 6 nitrogen and oxygen atoms in total. The first-order valence-electron chi connectivity index (χ1n) is 6.79. The van der Waals surface area contributed by atoms with Crippen molar-refractivity contribution in [1.82, 2.24) is 4.31 Å². The van der Waals surface area contributed by atoms with Crippen LogP contribution in [0.15, 0.2) is 23.1 Å². The molecule has 0 radical (unpaired) electrons. The molecule has 1 aromatic carbocycles. The number of carbonyl (C=O) groups is 1. The van der Waals surface area contributed by atoms with Crippen LogP contribution in [-0.2, 0) is 10.0 Å². The Morgan fingerprint density at radius 3 is 2.24 bits per heavy atom. The van der Waals surface area contributed by atoms with Crippen LogP contribution in [0.25, 0.3) is 0 Å². The summed E-state index contributed by atoms with van der Waals surface area (Å²) >= 11 is 0. The zero-order valence-corrected chi connectivity index (χ0v) is 13.3. The number of ether oxygens (including phenoxy) is 1. The van der Waals surface area contributed by atoms with Gasteiger partial charge in [0.1, 0.15) is 11.3 Å². The van der Waals surface area contributed by atoms with Crippen molar-refractivity contribution in [1.29, 1.82) is 0 Å². The fourth-order valence-electron chi connectivity index (χ4n) is 2.01. The van der Waals surface area contributed by atoms with Crippen LogP contribution in [0.5, 0.6) is 5.75 Å². The van der Waals surface area contributed by atoms with Gasteiger partial charge < -0.3 is 9.84 Å². The summed E-state index contributed by atoms with van der Waals surface area (Å²) in [4.78, 5) is 11.1. The molecule has 118 valence electrons. The Morgan fingerprint density at radius 1 is 1.24 bits per heavy atom. The average Bonchev–Trinajstić information content (AvgIpc) is 2.46. The summed E-state index contributed by atoms with van der Waals surface area (Å²) in [5.74, 6) is -1.12. The van der Waals surface area contributed by atoms with Crippen molar-refractivity contribution in [2.75, 3.05) is 20.2 Å². The summed E-state index contributed by atoms with van der Waals surface area (Å²) in [6.45, 7) is 4.68. The van der Waals surface area contributed by atoms with E-state index in [1.165, 1.54) is 29.6 Å². The number of aromatic carboxylic acids is 1. The molecule has 0 saturated heterocycles. The van der Waals surface area contributed by atoms with Crippen molar-refractivity contribution in [3.63, 3.8) is 0 Å². The molecule has 0 aliphatic carbocycles. The number of rotatable bonds is 8. The number of benzene rings is 1. The summed E-state index contributed by atoms with van der Waals surface area (Å²) in [6, 6.07) is 3.82. The number of carboxylic acid groups (broad SMARTS) is 1. The molecule has 0 aromatic heterocycles. The minimum absolute atomic E-state index is 0.0384. The van der Waals surface area contributed by atoms with Gasteiger partial charge in [0.15, 0.2) is 0 Å². The Bertz CT molecular complexity index is 591. The van der Waals surface area contributed by atoms with E-state index in [0.29, 0.717) is 25.9 Å². The summed E-state index contributed by atoms with van der Waals surface area (Å²) in [6.07, 6.45) is 1.42. The molecule has 0 atom stereocenters. The molecule has 21 heavy (non-hydrogen) atoms. The molecule has 0 unspecified atom stereocenters. The van der Waals surface area contributed by atoms with Gasteiger partial charge in [-0.25, -0.2) is 13.2 Å². The first kappa shape index (κ1) is 17.5. The van der Waals surface area contributed by atoms with E-state index in [1.807, 2.05) is 13.8 Å². The largest absolute Gasteiger partial charge is 0.496 e. The third-order valence-electron chi connectivity index (χ3n) is 2.99. The lowest BCUT2D eigenvalue weighted by Gasteiger charge is -2.21. The molecule has 0 spiro atoms. The topological polar surface area (TPSA) is 83.9 Å². The van der Waals surface area contributed by atoms with E-state index in [2.05, 4.69) is 0 Å². The Balaban J connectivity index is 3.27. The molecule has 0 bridgehead atoms. The number of methoxy groups -OCH3 is 1. The molecule has 1 N–H and O–H groups in total. The highest BCUT2D eigenvalue weighted by Gasteiger charge is 2.25. The highest BCUT2D eigenvalue weighted by atomic mass is 32.2. The van der Waals surface area contributed by atoms with Crippen molar-refractivity contribution < 1.29 is 23.1 Å². The van der Waals surface area contributed by atoms with Crippen LogP contribution in [0.4, 0.5) is 0 Å². The summed E-state index contributed by atoms with van der Waals surface area (Å²) in [7, 11) is -2.33. The highest BCUT2D eigenvalue weighted by molar-refractivity contribution is 7.89. The van der Waals surface area contributed by atoms with E-state index in [0.717, 1.165) is 0 Å². The Labute approximate surface area is 125 Å². The van der Waals surface area contributed by atoms with E-state index in [4.69, 9.17) is 9.84 Å². The summed E-state index contributed by atoms with van der Waals surface area (Å²) in [5, 5.41) is 9.03. The molecule has 0 heterocycles. The van der Waals surface area contributed by atoms with Crippen molar-refractivity contribution in [2.24, 2.45) is 0 Å². The highest BCUT2D eigenvalue weighted by Crippen LogP contribution is 2.25. The van der Waals surface area contributed by atoms with Crippen LogP contribution in [0.3, 0.4) is 0 Å². The Morgan fingerprint density at radius 2 is 1.81 bits per heavy atom. The second-order valence-corrected chi connectivity index (χ2v) is 6.51. The zero-order valence-electron chi connectivity index (χ0n) is 12.5. The maximum Gasteiger partial charge on any atom is 0.339 e. The SMILES string of the molecule is CCCN(CCC)S(=O)(=O)c1ccc(C(=O)O)c(OC)c1. The van der Waals surface area contributed by atoms with Gasteiger partial charge in [-0.3, -0.25) is 0 Å². The smallest absolute Gasteiger partial charge is 0.339 e. The van der Waals surface area contributed by atoms with Crippen molar-refractivity contribution in [3.05, 3.63) is 23.8 Å². The number of nitrogens with zero attached hydrogens (tertiary/aromatic N) is 1. The fraction of sp³-hybridized carbons (Fsp3) is 0.500. The number of hydrogen-bond acceptors (Lipinski definition) is 4. The van der Waals surface area contributed by atoms with Gasteiger partial charge in [0.05, 0.1) is 12.0 Å². The number of sulfonamides is 1. The van der Waals surface area contributed by atoms with Crippen LogP contribution in [0.2, 0.25) is 0 Å². The summed E-state index contributed by atoms with van der Waals surface area (Å²) in [5.41, 5.74) is -0.0611. The lowest BCUT2D eigenvalue weighted by atomic mass is 10.2. The monoisotopic (exact) mass is 315 g/mol. The quantitative estimate of drug-likeness (QED) is 0.795. The Kier molecular flexibility index (Phi) is 6.17. The Hall–Kier alpha value is -1.60. The molecular weight excluding hydrogens is 294 g/mol. The lowest BCUT2D eigenvalue weighted by molar-refractivity contribution is 0.0693. The average molecular weight is 315 g/mol. The van der Waals surface area contributed by atoms with E-state index >= 15 is 0 Å². The molecule has 1 rings (SSSR count). The van der Waals surface area contributed by atoms with Gasteiger partial charge in [-0.15, -0.1) is 0 Å². The van der Waals surface area contributed by atoms with Crippen LogP contribution >= 0.6 is 0 Å². The van der Waals surface area contributed by atoms with Crippen molar-refractivity contribution in [2.45, 2.75) is 31.6 Å². The standard InChI is InChI=1S/C14H21NO5S/c1-4-8-15(9-5-2)21(18,19)11-6-7-12(14(16)17)13(10-11)20-3/h6-7,10H,4-5,8-9H2,1-3H3,(H,16,17). The molecule has 7 heteroatoms. The molecule has 0 amide bonds. The lowest BCUT2D eigenvalue weighted by Crippen LogP contribution is -2.32. The normalized spacial score (nSPS) is 11.6. The van der Waals surface area contributed by atoms with Crippen molar-refractivity contribution >= 4 is 16.0 Å². The zero-order chi connectivity index (χ0) is 16.0. The molecular formula is C14H21NO5S. The molecule has 1 aromatic rings. The van der Waals surface area contributed by atoms with E-state index in [1.54, 1.807) is 0 Å². The minimum atomic E-state index is -3.64. The van der Waals surface area contributed by atoms with Crippen molar-refractivity contribution in [3.8, 4) is 5.75 Å². The van der Waals surface area contributed by atoms with E-state index < -0.39 is 16.0 Å². The maximum atomic E-state index is 12.6. The van der Waals surface area contributed by atoms with Gasteiger partial charge >= 0.3 is 5.97 Å². The molecule has 0 aliphatic rings. The third-order valence-corrected chi connectivity index (χ3v) is 4.88. The molecule has 0 aliphatic heterocycles. The van der Waals surface area contributed by atoms with Crippen LogP contribution < -0.4 is 4.74 Å². The van der Waals surface area contributed by atoms with Crippen LogP contribution in [-0.4, -0.2) is 44.0 Å². The van der Waals surface area contributed by atoms with Gasteiger partial charge in [-0.1, -0.05) is 13.8 Å². The molecule has 0 fully saturated rings. The third kappa shape index (κ3) is 3.95. The van der Waals surface area contributed by atoms with E-state index in [9.17, 15) is 13.2 Å². The summed E-state index contributed by atoms with van der Waals surface area (Å²) < 4.78 is 31.6. The second-order valence-electron chi connectivity index (χ2n) is 4.57. The van der Waals surface area contributed by atoms with Gasteiger partial charge in [0, 0.05) is 19.2 Å².